The van der Waals surface area contributed by atoms with Gasteiger partial charge in [-0.15, -0.1) is 0 Å². The normalized spacial score (nSPS) is 46.3. The van der Waals surface area contributed by atoms with Crippen molar-refractivity contribution in [2.75, 3.05) is 0 Å². The first-order chi connectivity index (χ1) is 31.2. The minimum absolute atomic E-state index is 0.0176. The van der Waals surface area contributed by atoms with E-state index in [2.05, 4.69) is 40.7 Å². The lowest BCUT2D eigenvalue weighted by molar-refractivity contribution is -0.290. The van der Waals surface area contributed by atoms with Gasteiger partial charge >= 0.3 is 12.4 Å². The van der Waals surface area contributed by atoms with Gasteiger partial charge in [-0.2, -0.15) is 26.3 Å². The number of halogens is 6. The molecule has 11 heteroatoms. The summed E-state index contributed by atoms with van der Waals surface area (Å²) in [6.07, 6.45) is 3.26. The molecule has 0 bridgehead atoms. The zero-order valence-electron chi connectivity index (χ0n) is 41.1. The molecule has 7 saturated carbocycles. The number of aryl methyl sites for hydroxylation is 1. The van der Waals surface area contributed by atoms with Gasteiger partial charge in [0.2, 0.25) is 0 Å². The smallest absolute Gasteiger partial charge is 0.393 e. The second-order valence-corrected chi connectivity index (χ2v) is 25.8. The van der Waals surface area contributed by atoms with Crippen LogP contribution in [0.5, 0.6) is 0 Å². The second-order valence-electron chi connectivity index (χ2n) is 25.8. The number of hydrogen-bond donors (Lipinski definition) is 5. The molecule has 8 aliphatic rings. The summed E-state index contributed by atoms with van der Waals surface area (Å²) >= 11 is 0. The average Bonchev–Trinajstić information content (AvgIpc) is 3.81. The van der Waals surface area contributed by atoms with Crippen LogP contribution in [0.1, 0.15) is 181 Å². The molecular weight excluding hydrogens is 867 g/mol. The Hall–Kier alpha value is -1.66. The first-order valence-corrected chi connectivity index (χ1v) is 26.6. The molecule has 0 unspecified atom stereocenters. The Morgan fingerprint density at radius 3 is 1.87 bits per heavy atom. The van der Waals surface area contributed by atoms with E-state index in [-0.39, 0.29) is 58.7 Å². The van der Waals surface area contributed by atoms with Gasteiger partial charge in [0, 0.05) is 6.42 Å². The van der Waals surface area contributed by atoms with Crippen LogP contribution < -0.4 is 0 Å². The van der Waals surface area contributed by atoms with Gasteiger partial charge in [0.05, 0.1) is 17.8 Å². The molecule has 0 aromatic heterocycles. The number of rotatable bonds is 10. The molecule has 0 radical (unpaired) electrons. The Balaban J connectivity index is 0.771. The highest BCUT2D eigenvalue weighted by Gasteiger charge is 2.66. The van der Waals surface area contributed by atoms with E-state index in [4.69, 9.17) is 0 Å². The van der Waals surface area contributed by atoms with Gasteiger partial charge in [-0.3, -0.25) is 0 Å². The summed E-state index contributed by atoms with van der Waals surface area (Å²) in [7, 11) is 0. The van der Waals surface area contributed by atoms with Gasteiger partial charge in [0.25, 0.3) is 0 Å². The van der Waals surface area contributed by atoms with Gasteiger partial charge in [-0.1, -0.05) is 77.5 Å². The van der Waals surface area contributed by atoms with Crippen molar-refractivity contribution in [3.05, 3.63) is 47.0 Å². The van der Waals surface area contributed by atoms with E-state index in [1.165, 1.54) is 5.57 Å². The fourth-order valence-corrected chi connectivity index (χ4v) is 18.9. The molecule has 0 heterocycles. The molecule has 0 aliphatic heterocycles. The average molecular weight is 949 g/mol. The molecule has 378 valence electrons. The SMILES string of the molecule is C[C@@H]([C@H]1CC[C@H]2[C@@H]3CC[C@H]4C[C@](O)(C(F)(F)F)CC[C@]4(C)[C@H]3CC[C@]12C)[C@@H](O)C[C@@H](O)c1ccc(CC[C@]2(O)CC[C@@]3(C)C(=CC[C@H]4[C@@H]5CC[C@H]([C@H](C)[C@H](O)C(F)(F)F)[C@@]5(C)CC[C@@H]43)C2)cc1. The molecule has 5 nitrogen and oxygen atoms in total. The zero-order valence-corrected chi connectivity index (χ0v) is 41.1. The molecule has 0 amide bonds. The molecule has 20 atom stereocenters. The number of fused-ring (bicyclic) bond motifs is 10. The Morgan fingerprint density at radius 1 is 0.642 bits per heavy atom. The summed E-state index contributed by atoms with van der Waals surface area (Å²) in [6.45, 7) is 12.9. The van der Waals surface area contributed by atoms with E-state index in [1.54, 1.807) is 6.92 Å². The van der Waals surface area contributed by atoms with Gasteiger partial charge in [0.1, 0.15) is 0 Å². The number of alkyl halides is 6. The van der Waals surface area contributed by atoms with Crippen molar-refractivity contribution in [3.8, 4) is 0 Å². The van der Waals surface area contributed by atoms with E-state index in [9.17, 15) is 51.9 Å². The molecule has 9 rings (SSSR count). The van der Waals surface area contributed by atoms with Crippen molar-refractivity contribution in [1.29, 1.82) is 0 Å². The molecule has 8 aliphatic carbocycles. The third-order valence-corrected chi connectivity index (χ3v) is 23.1. The maximum atomic E-state index is 13.9. The minimum atomic E-state index is -4.61. The van der Waals surface area contributed by atoms with E-state index < -0.39 is 47.8 Å². The highest BCUT2D eigenvalue weighted by atomic mass is 19.4. The monoisotopic (exact) mass is 949 g/mol. The Labute approximate surface area is 396 Å². The lowest BCUT2D eigenvalue weighted by Crippen LogP contribution is -2.59. The van der Waals surface area contributed by atoms with Crippen LogP contribution in [-0.2, 0) is 6.42 Å². The number of benzene rings is 1. The van der Waals surface area contributed by atoms with Gasteiger partial charge in [-0.25, -0.2) is 0 Å². The molecule has 7 fully saturated rings. The van der Waals surface area contributed by atoms with Gasteiger partial charge in [-0.05, 0) is 220 Å². The maximum absolute atomic E-state index is 13.9. The predicted molar refractivity (Wildman–Crippen MR) is 247 cm³/mol. The Bertz CT molecular complexity index is 1990. The first-order valence-electron chi connectivity index (χ1n) is 26.6. The van der Waals surface area contributed by atoms with Crippen LogP contribution in [-0.4, -0.2) is 61.3 Å². The third-order valence-electron chi connectivity index (χ3n) is 23.1. The molecular formula is C56H82F6O5. The number of aliphatic hydroxyl groups excluding tert-OH is 3. The van der Waals surface area contributed by atoms with Crippen molar-refractivity contribution < 1.29 is 51.9 Å². The lowest BCUT2D eigenvalue weighted by atomic mass is 9.43. The topological polar surface area (TPSA) is 101 Å². The van der Waals surface area contributed by atoms with Crippen molar-refractivity contribution in [2.45, 2.75) is 212 Å². The third kappa shape index (κ3) is 8.32. The molecule has 1 aromatic rings. The number of aliphatic hydroxyl groups is 5. The lowest BCUT2D eigenvalue weighted by Gasteiger charge is -2.62. The van der Waals surface area contributed by atoms with Crippen LogP contribution in [0, 0.1) is 86.8 Å². The van der Waals surface area contributed by atoms with Crippen LogP contribution in [0.25, 0.3) is 0 Å². The van der Waals surface area contributed by atoms with Crippen molar-refractivity contribution in [2.24, 2.45) is 86.8 Å². The van der Waals surface area contributed by atoms with Crippen LogP contribution in [0.3, 0.4) is 0 Å². The van der Waals surface area contributed by atoms with Crippen molar-refractivity contribution in [1.82, 2.24) is 0 Å². The number of allylic oxidation sites excluding steroid dienone is 1. The summed E-state index contributed by atoms with van der Waals surface area (Å²) in [6, 6.07) is 7.96. The summed E-state index contributed by atoms with van der Waals surface area (Å²) < 4.78 is 82.4. The van der Waals surface area contributed by atoms with Crippen LogP contribution in [0.15, 0.2) is 35.9 Å². The van der Waals surface area contributed by atoms with Crippen LogP contribution in [0.4, 0.5) is 26.3 Å². The van der Waals surface area contributed by atoms with Gasteiger partial charge < -0.3 is 25.5 Å². The van der Waals surface area contributed by atoms with E-state index >= 15 is 0 Å². The second kappa shape index (κ2) is 17.2. The molecule has 1 aromatic carbocycles. The molecule has 0 spiro atoms. The molecule has 5 N–H and O–H groups in total. The quantitative estimate of drug-likeness (QED) is 0.119. The van der Waals surface area contributed by atoms with E-state index in [0.717, 1.165) is 88.2 Å². The predicted octanol–water partition coefficient (Wildman–Crippen LogP) is 12.9. The van der Waals surface area contributed by atoms with Gasteiger partial charge in [0.15, 0.2) is 11.7 Å². The summed E-state index contributed by atoms with van der Waals surface area (Å²) in [5.41, 5.74) is -0.611. The van der Waals surface area contributed by atoms with E-state index in [0.29, 0.717) is 73.5 Å². The van der Waals surface area contributed by atoms with Crippen molar-refractivity contribution >= 4 is 0 Å². The highest BCUT2D eigenvalue weighted by molar-refractivity contribution is 5.29. The first kappa shape index (κ1) is 50.3. The fourth-order valence-electron chi connectivity index (χ4n) is 18.9. The Morgan fingerprint density at radius 2 is 1.24 bits per heavy atom. The summed E-state index contributed by atoms with van der Waals surface area (Å²) in [5.74, 6) is 1.65. The molecule has 0 saturated heterocycles. The Kier molecular flexibility index (Phi) is 12.9. The largest absolute Gasteiger partial charge is 0.417 e. The van der Waals surface area contributed by atoms with Crippen LogP contribution >= 0.6 is 0 Å². The maximum Gasteiger partial charge on any atom is 0.417 e. The fraction of sp³-hybridized carbons (Fsp3) is 0.857. The highest BCUT2D eigenvalue weighted by Crippen LogP contribution is 2.71. The molecule has 67 heavy (non-hydrogen) atoms. The summed E-state index contributed by atoms with van der Waals surface area (Å²) in [4.78, 5) is 0. The standard InChI is InChI=1S/C56H82F6O5/c1-32(40-15-17-42-39-14-12-37-31-54(67,56(60,61)62)28-26-50(37,4)45(39)20-22-51(40,42)5)46(63)29-47(64)35-9-7-34(8-10-35)19-24-53(66)27-25-49(3)36(30-53)11-13-38-43-18-16-41(33(2)48(65)55(57,58)59)52(43,6)23-21-44(38)49/h7-11,32-33,37-48,63-67H,12-31H2,1-6H3/t32-,33-,37-,38-,39-,40+,41+,42-,43-,44-,45-,46-,47+,48-,49-,50-,51+,52+,53-,54-/m0/s1. The number of hydrogen-bond acceptors (Lipinski definition) is 5. The minimum Gasteiger partial charge on any atom is -0.393 e. The zero-order chi connectivity index (χ0) is 48.5. The van der Waals surface area contributed by atoms with E-state index in [1.807, 2.05) is 24.3 Å². The van der Waals surface area contributed by atoms with Crippen molar-refractivity contribution in [3.63, 3.8) is 0 Å². The summed E-state index contributed by atoms with van der Waals surface area (Å²) in [5, 5.41) is 56.1. The van der Waals surface area contributed by atoms with Crippen LogP contribution in [0.2, 0.25) is 0 Å².